The normalized spacial score (nSPS) is 20.0. The van der Waals surface area contributed by atoms with Crippen LogP contribution in [0.5, 0.6) is 0 Å². The minimum absolute atomic E-state index is 0.0106. The van der Waals surface area contributed by atoms with Crippen molar-refractivity contribution in [2.24, 2.45) is 0 Å². The molecular formula is C17H21FN4O4S2. The average Bonchev–Trinajstić information content (AvgIpc) is 2.58. The van der Waals surface area contributed by atoms with E-state index in [4.69, 9.17) is 0 Å². The summed E-state index contributed by atoms with van der Waals surface area (Å²) in [4.78, 5) is 7.81. The smallest absolute Gasteiger partial charge is 0.236 e. The van der Waals surface area contributed by atoms with Crippen LogP contribution < -0.4 is 4.72 Å². The minimum Gasteiger partial charge on any atom is -0.251 e. The van der Waals surface area contributed by atoms with E-state index in [2.05, 4.69) is 14.7 Å². The fourth-order valence-corrected chi connectivity index (χ4v) is 5.26. The van der Waals surface area contributed by atoms with Crippen molar-refractivity contribution in [1.82, 2.24) is 14.3 Å². The van der Waals surface area contributed by atoms with Gasteiger partial charge in [0, 0.05) is 36.1 Å². The van der Waals surface area contributed by atoms with Crippen LogP contribution in [-0.4, -0.2) is 49.2 Å². The summed E-state index contributed by atoms with van der Waals surface area (Å²) in [5.41, 5.74) is 1.29. The van der Waals surface area contributed by atoms with Gasteiger partial charge in [0.1, 0.15) is 5.82 Å². The standard InChI is InChI=1S/C17H21FN4O4S2/c1-12-4-3-7-28(25,26)22(12)11-14-6-5-13(8-16(14)18)15-9-19-17(20-10-15)21-27(2,23)24/h5-6,8-10,12H,3-4,7,11H2,1-2H3,(H,19,20,21)/t12-/m0/s1. The quantitative estimate of drug-likeness (QED) is 0.780. The Labute approximate surface area is 163 Å². The molecule has 0 amide bonds. The fourth-order valence-electron chi connectivity index (χ4n) is 3.07. The van der Waals surface area contributed by atoms with E-state index in [-0.39, 0.29) is 29.9 Å². The van der Waals surface area contributed by atoms with Crippen LogP contribution in [-0.2, 0) is 26.6 Å². The number of anilines is 1. The van der Waals surface area contributed by atoms with Gasteiger partial charge in [0.15, 0.2) is 0 Å². The number of halogens is 1. The van der Waals surface area contributed by atoms with Crippen molar-refractivity contribution in [3.63, 3.8) is 0 Å². The van der Waals surface area contributed by atoms with Gasteiger partial charge in [-0.25, -0.2) is 31.2 Å². The zero-order chi connectivity index (χ0) is 20.5. The molecule has 0 spiro atoms. The maximum absolute atomic E-state index is 14.6. The molecule has 1 aromatic heterocycles. The van der Waals surface area contributed by atoms with E-state index >= 15 is 0 Å². The Morgan fingerprint density at radius 3 is 2.50 bits per heavy atom. The van der Waals surface area contributed by atoms with E-state index < -0.39 is 25.9 Å². The Balaban J connectivity index is 1.81. The second-order valence-corrected chi connectivity index (χ2v) is 10.6. The highest BCUT2D eigenvalue weighted by molar-refractivity contribution is 7.92. The summed E-state index contributed by atoms with van der Waals surface area (Å²) in [6, 6.07) is 4.33. The summed E-state index contributed by atoms with van der Waals surface area (Å²) < 4.78 is 65.0. The number of benzene rings is 1. The predicted octanol–water partition coefficient (Wildman–Crippen LogP) is 1.97. The maximum atomic E-state index is 14.6. The summed E-state index contributed by atoms with van der Waals surface area (Å²) in [6.45, 7) is 1.82. The van der Waals surface area contributed by atoms with Gasteiger partial charge in [0.05, 0.1) is 12.0 Å². The van der Waals surface area contributed by atoms with E-state index in [9.17, 15) is 21.2 Å². The molecule has 152 valence electrons. The monoisotopic (exact) mass is 428 g/mol. The average molecular weight is 429 g/mol. The topological polar surface area (TPSA) is 109 Å². The first-order chi connectivity index (χ1) is 13.0. The van der Waals surface area contributed by atoms with Crippen LogP contribution in [0.4, 0.5) is 10.3 Å². The Morgan fingerprint density at radius 1 is 1.25 bits per heavy atom. The number of nitrogens with zero attached hydrogens (tertiary/aromatic N) is 3. The molecule has 0 unspecified atom stereocenters. The number of nitrogens with one attached hydrogen (secondary N) is 1. The van der Waals surface area contributed by atoms with Crippen LogP contribution in [0.2, 0.25) is 0 Å². The molecule has 0 aliphatic carbocycles. The van der Waals surface area contributed by atoms with E-state index in [1.165, 1.54) is 22.8 Å². The molecule has 0 bridgehead atoms. The first-order valence-corrected chi connectivity index (χ1v) is 12.1. The Morgan fingerprint density at radius 2 is 1.93 bits per heavy atom. The molecule has 1 aromatic carbocycles. The predicted molar refractivity (Wildman–Crippen MR) is 104 cm³/mol. The molecule has 28 heavy (non-hydrogen) atoms. The lowest BCUT2D eigenvalue weighted by atomic mass is 10.1. The summed E-state index contributed by atoms with van der Waals surface area (Å²) in [6.07, 6.45) is 5.12. The molecule has 0 radical (unpaired) electrons. The van der Waals surface area contributed by atoms with Gasteiger partial charge >= 0.3 is 0 Å². The molecule has 1 atom stereocenters. The molecule has 1 fully saturated rings. The molecule has 1 aliphatic heterocycles. The van der Waals surface area contributed by atoms with Gasteiger partial charge in [-0.1, -0.05) is 12.1 Å². The number of aromatic nitrogens is 2. The highest BCUT2D eigenvalue weighted by Crippen LogP contribution is 2.26. The third-order valence-corrected chi connectivity index (χ3v) is 7.08. The Bertz CT molecular complexity index is 1070. The van der Waals surface area contributed by atoms with Gasteiger partial charge in [-0.3, -0.25) is 4.72 Å². The third-order valence-electron chi connectivity index (χ3n) is 4.51. The van der Waals surface area contributed by atoms with Crippen molar-refractivity contribution in [3.05, 3.63) is 42.0 Å². The lowest BCUT2D eigenvalue weighted by molar-refractivity contribution is 0.293. The van der Waals surface area contributed by atoms with Crippen LogP contribution >= 0.6 is 0 Å². The first kappa shape index (κ1) is 20.6. The van der Waals surface area contributed by atoms with E-state index in [1.807, 2.05) is 6.92 Å². The highest BCUT2D eigenvalue weighted by Gasteiger charge is 2.31. The van der Waals surface area contributed by atoms with E-state index in [0.29, 0.717) is 17.5 Å². The van der Waals surface area contributed by atoms with Gasteiger partial charge in [0.2, 0.25) is 26.0 Å². The summed E-state index contributed by atoms with van der Waals surface area (Å²) in [7, 11) is -6.86. The summed E-state index contributed by atoms with van der Waals surface area (Å²) in [5, 5.41) is 0. The lowest BCUT2D eigenvalue weighted by Gasteiger charge is -2.32. The van der Waals surface area contributed by atoms with Crippen LogP contribution in [0.25, 0.3) is 11.1 Å². The SMILES string of the molecule is C[C@H]1CCCS(=O)(=O)N1Cc1ccc(-c2cnc(NS(C)(=O)=O)nc2)cc1F. The molecule has 8 nitrogen and oxygen atoms in total. The second kappa shape index (κ2) is 7.72. The van der Waals surface area contributed by atoms with Crippen LogP contribution in [0, 0.1) is 5.82 Å². The molecule has 0 saturated carbocycles. The zero-order valence-corrected chi connectivity index (χ0v) is 17.1. The van der Waals surface area contributed by atoms with E-state index in [0.717, 1.165) is 12.7 Å². The number of hydrogen-bond acceptors (Lipinski definition) is 6. The maximum Gasteiger partial charge on any atom is 0.236 e. The van der Waals surface area contributed by atoms with Crippen molar-refractivity contribution < 1.29 is 21.2 Å². The van der Waals surface area contributed by atoms with Gasteiger partial charge in [-0.2, -0.15) is 4.31 Å². The van der Waals surface area contributed by atoms with Gasteiger partial charge in [-0.15, -0.1) is 0 Å². The Hall–Kier alpha value is -2.11. The van der Waals surface area contributed by atoms with Crippen molar-refractivity contribution in [1.29, 1.82) is 0 Å². The first-order valence-electron chi connectivity index (χ1n) is 8.63. The molecule has 1 N–H and O–H groups in total. The molecule has 2 heterocycles. The molecule has 3 rings (SSSR count). The third kappa shape index (κ3) is 4.83. The highest BCUT2D eigenvalue weighted by atomic mass is 32.2. The molecule has 1 aliphatic rings. The Kier molecular flexibility index (Phi) is 5.69. The van der Waals surface area contributed by atoms with Crippen molar-refractivity contribution in [3.8, 4) is 11.1 Å². The summed E-state index contributed by atoms with van der Waals surface area (Å²) in [5.74, 6) is -0.515. The van der Waals surface area contributed by atoms with Gasteiger partial charge in [0.25, 0.3) is 0 Å². The van der Waals surface area contributed by atoms with Crippen molar-refractivity contribution >= 4 is 26.0 Å². The second-order valence-electron chi connectivity index (χ2n) is 6.83. The number of rotatable bonds is 5. The number of hydrogen-bond donors (Lipinski definition) is 1. The van der Waals surface area contributed by atoms with Crippen LogP contribution in [0.15, 0.2) is 30.6 Å². The molecule has 2 aromatic rings. The lowest BCUT2D eigenvalue weighted by Crippen LogP contribution is -2.43. The van der Waals surface area contributed by atoms with Crippen molar-refractivity contribution in [2.75, 3.05) is 16.7 Å². The zero-order valence-electron chi connectivity index (χ0n) is 15.5. The minimum atomic E-state index is -3.48. The van der Waals surface area contributed by atoms with E-state index in [1.54, 1.807) is 12.1 Å². The van der Waals surface area contributed by atoms with Crippen molar-refractivity contribution in [2.45, 2.75) is 32.4 Å². The largest absolute Gasteiger partial charge is 0.251 e. The van der Waals surface area contributed by atoms with Crippen LogP contribution in [0.3, 0.4) is 0 Å². The van der Waals surface area contributed by atoms with Gasteiger partial charge < -0.3 is 0 Å². The summed E-state index contributed by atoms with van der Waals surface area (Å²) >= 11 is 0. The molecular weight excluding hydrogens is 407 g/mol. The molecule has 11 heteroatoms. The number of sulfonamides is 2. The fraction of sp³-hybridized carbons (Fsp3) is 0.412. The van der Waals surface area contributed by atoms with Crippen LogP contribution in [0.1, 0.15) is 25.3 Å². The van der Waals surface area contributed by atoms with Gasteiger partial charge in [-0.05, 0) is 31.4 Å². The molecule has 1 saturated heterocycles.